The van der Waals surface area contributed by atoms with E-state index in [1.165, 1.54) is 11.4 Å². The van der Waals surface area contributed by atoms with Gasteiger partial charge in [0.2, 0.25) is 0 Å². The van der Waals surface area contributed by atoms with Gasteiger partial charge in [0.1, 0.15) is 0 Å². The van der Waals surface area contributed by atoms with Crippen LogP contribution in [0.15, 0.2) is 24.3 Å². The normalized spacial score (nSPS) is 15.1. The largest absolute Gasteiger partial charge is 0.378 e. The lowest BCUT2D eigenvalue weighted by Crippen LogP contribution is -2.36. The number of ether oxygens (including phenoxy) is 1. The third kappa shape index (κ3) is 3.06. The molecule has 1 aliphatic rings. The number of aryl methyl sites for hydroxylation is 2. The Balaban J connectivity index is 1.74. The van der Waals surface area contributed by atoms with Gasteiger partial charge < -0.3 is 9.64 Å². The van der Waals surface area contributed by atoms with Crippen molar-refractivity contribution < 1.29 is 4.74 Å². The second kappa shape index (κ2) is 6.79. The van der Waals surface area contributed by atoms with E-state index >= 15 is 0 Å². The zero-order valence-corrected chi connectivity index (χ0v) is 13.2. The first-order chi connectivity index (χ1) is 10.8. The van der Waals surface area contributed by atoms with Crippen molar-refractivity contribution in [2.45, 2.75) is 26.7 Å². The van der Waals surface area contributed by atoms with Crippen LogP contribution in [-0.2, 0) is 17.6 Å². The average Bonchev–Trinajstić information content (AvgIpc) is 2.98. The molecule has 0 spiro atoms. The van der Waals surface area contributed by atoms with Crippen LogP contribution in [0.25, 0.3) is 0 Å². The first-order valence-electron chi connectivity index (χ1n) is 7.94. The maximum Gasteiger partial charge on any atom is 0.167 e. The Morgan fingerprint density at radius 3 is 2.23 bits per heavy atom. The Kier molecular flexibility index (Phi) is 4.58. The quantitative estimate of drug-likeness (QED) is 0.916. The maximum absolute atomic E-state index is 5.36. The highest BCUT2D eigenvalue weighted by Gasteiger charge is 2.13. The van der Waals surface area contributed by atoms with Gasteiger partial charge in [0.15, 0.2) is 11.6 Å². The summed E-state index contributed by atoms with van der Waals surface area (Å²) >= 11 is 0. The van der Waals surface area contributed by atoms with Gasteiger partial charge in [-0.15, -0.1) is 10.2 Å². The minimum Gasteiger partial charge on any atom is -0.378 e. The van der Waals surface area contributed by atoms with Gasteiger partial charge in [-0.3, -0.25) is 10.1 Å². The molecule has 22 heavy (non-hydrogen) atoms. The number of aromatic nitrogens is 3. The van der Waals surface area contributed by atoms with Crippen LogP contribution in [-0.4, -0.2) is 41.2 Å². The van der Waals surface area contributed by atoms with Crippen molar-refractivity contribution in [2.24, 2.45) is 0 Å². The third-order valence-corrected chi connectivity index (χ3v) is 3.98. The second-order valence-corrected chi connectivity index (χ2v) is 5.35. The number of hydrogen-bond donors (Lipinski definition) is 1. The Morgan fingerprint density at radius 2 is 1.68 bits per heavy atom. The van der Waals surface area contributed by atoms with Crippen LogP contribution >= 0.6 is 0 Å². The van der Waals surface area contributed by atoms with Gasteiger partial charge in [0, 0.05) is 24.5 Å². The predicted octanol–water partition coefficient (Wildman–Crippen LogP) is 2.11. The predicted molar refractivity (Wildman–Crippen MR) is 87.3 cm³/mol. The summed E-state index contributed by atoms with van der Waals surface area (Å²) in [6.45, 7) is 7.56. The molecule has 0 unspecified atom stereocenters. The Hall–Kier alpha value is -2.08. The summed E-state index contributed by atoms with van der Waals surface area (Å²) in [4.78, 5) is 2.20. The number of anilines is 2. The number of rotatable bonds is 5. The Morgan fingerprint density at radius 1 is 1.00 bits per heavy atom. The van der Waals surface area contributed by atoms with Gasteiger partial charge in [0.05, 0.1) is 13.2 Å². The maximum atomic E-state index is 5.36. The van der Waals surface area contributed by atoms with Crippen LogP contribution in [0.3, 0.4) is 0 Å². The van der Waals surface area contributed by atoms with E-state index in [-0.39, 0.29) is 0 Å². The highest BCUT2D eigenvalue weighted by Crippen LogP contribution is 2.15. The molecule has 0 bridgehead atoms. The molecular formula is C16H23N5O. The molecule has 0 saturated carbocycles. The molecule has 118 valence electrons. The molecule has 1 aliphatic heterocycles. The molecule has 0 atom stereocenters. The van der Waals surface area contributed by atoms with Crippen molar-refractivity contribution in [3.05, 3.63) is 35.7 Å². The molecule has 2 aromatic heterocycles. The summed E-state index contributed by atoms with van der Waals surface area (Å²) in [6.07, 6.45) is 1.96. The number of hydrogen-bond acceptors (Lipinski definition) is 5. The number of morpholine rings is 1. The molecule has 0 radical (unpaired) electrons. The lowest BCUT2D eigenvalue weighted by atomic mass is 10.3. The van der Waals surface area contributed by atoms with Crippen LogP contribution in [0.5, 0.6) is 0 Å². The van der Waals surface area contributed by atoms with Crippen molar-refractivity contribution in [2.75, 3.05) is 36.6 Å². The first kappa shape index (κ1) is 14.8. The van der Waals surface area contributed by atoms with Gasteiger partial charge in [-0.2, -0.15) is 0 Å². The van der Waals surface area contributed by atoms with E-state index in [9.17, 15) is 0 Å². The highest BCUT2D eigenvalue weighted by atomic mass is 16.5. The molecule has 1 fully saturated rings. The van der Waals surface area contributed by atoms with E-state index in [1.807, 2.05) is 12.1 Å². The molecule has 6 nitrogen and oxygen atoms in total. The molecule has 1 saturated heterocycles. The number of nitrogens with one attached hydrogen (secondary N) is 1. The fourth-order valence-electron chi connectivity index (χ4n) is 2.68. The Bertz CT molecular complexity index is 580. The van der Waals surface area contributed by atoms with Crippen LogP contribution in [0.4, 0.5) is 11.6 Å². The van der Waals surface area contributed by atoms with Crippen LogP contribution in [0, 0.1) is 0 Å². The summed E-state index contributed by atoms with van der Waals surface area (Å²) < 4.78 is 7.47. The van der Waals surface area contributed by atoms with Gasteiger partial charge in [-0.05, 0) is 37.1 Å². The van der Waals surface area contributed by atoms with Crippen molar-refractivity contribution in [3.8, 4) is 0 Å². The summed E-state index contributed by atoms with van der Waals surface area (Å²) in [5.41, 5.74) is 5.85. The third-order valence-electron chi connectivity index (χ3n) is 3.98. The van der Waals surface area contributed by atoms with Gasteiger partial charge in [-0.25, -0.2) is 0 Å². The van der Waals surface area contributed by atoms with Crippen LogP contribution in [0.2, 0.25) is 0 Å². The molecule has 0 amide bonds. The van der Waals surface area contributed by atoms with Crippen molar-refractivity contribution in [3.63, 3.8) is 0 Å². The number of nitrogens with zero attached hydrogens (tertiary/aromatic N) is 4. The zero-order valence-electron chi connectivity index (χ0n) is 13.2. The topological polar surface area (TPSA) is 55.2 Å². The minimum atomic E-state index is 0.755. The summed E-state index contributed by atoms with van der Waals surface area (Å²) in [5.74, 6) is 1.67. The fraction of sp³-hybridized carbons (Fsp3) is 0.500. The molecule has 6 heteroatoms. The summed E-state index contributed by atoms with van der Waals surface area (Å²) in [7, 11) is 0. The molecule has 3 heterocycles. The monoisotopic (exact) mass is 301 g/mol. The van der Waals surface area contributed by atoms with Crippen molar-refractivity contribution >= 4 is 11.6 Å². The van der Waals surface area contributed by atoms with Crippen molar-refractivity contribution in [1.29, 1.82) is 0 Å². The molecule has 0 aromatic carbocycles. The standard InChI is InChI=1S/C16H23N5O/c1-3-13-5-6-14(4-2)21(13)19-15-7-8-16(18-17-15)20-9-11-22-12-10-20/h5-8H,3-4,9-12H2,1-2H3,(H,17,19). The van der Waals surface area contributed by atoms with E-state index in [4.69, 9.17) is 4.74 Å². The van der Waals surface area contributed by atoms with Crippen molar-refractivity contribution in [1.82, 2.24) is 14.9 Å². The summed E-state index contributed by atoms with van der Waals surface area (Å²) in [5, 5.41) is 8.65. The molecule has 2 aromatic rings. The molecule has 0 aliphatic carbocycles. The lowest BCUT2D eigenvalue weighted by molar-refractivity contribution is 0.122. The lowest BCUT2D eigenvalue weighted by Gasteiger charge is -2.27. The fourth-order valence-corrected chi connectivity index (χ4v) is 2.68. The minimum absolute atomic E-state index is 0.755. The highest BCUT2D eigenvalue weighted by molar-refractivity contribution is 5.44. The zero-order chi connectivity index (χ0) is 15.4. The Labute approximate surface area is 131 Å². The van der Waals surface area contributed by atoms with E-state index in [1.54, 1.807) is 0 Å². The van der Waals surface area contributed by atoms with Crippen LogP contribution in [0.1, 0.15) is 25.2 Å². The molecule has 1 N–H and O–H groups in total. The van der Waals surface area contributed by atoms with E-state index in [0.717, 1.165) is 50.8 Å². The SMILES string of the molecule is CCc1ccc(CC)n1Nc1ccc(N2CCOCC2)nn1. The van der Waals surface area contributed by atoms with E-state index < -0.39 is 0 Å². The average molecular weight is 301 g/mol. The van der Waals surface area contributed by atoms with E-state index in [2.05, 4.69) is 51.2 Å². The molecule has 3 rings (SSSR count). The first-order valence-corrected chi connectivity index (χ1v) is 7.94. The molecular weight excluding hydrogens is 278 g/mol. The smallest absolute Gasteiger partial charge is 0.167 e. The van der Waals surface area contributed by atoms with E-state index in [0.29, 0.717) is 0 Å². The van der Waals surface area contributed by atoms with Gasteiger partial charge in [0.25, 0.3) is 0 Å². The van der Waals surface area contributed by atoms with Crippen LogP contribution < -0.4 is 10.3 Å². The van der Waals surface area contributed by atoms with Gasteiger partial charge in [-0.1, -0.05) is 13.8 Å². The second-order valence-electron chi connectivity index (χ2n) is 5.35. The summed E-state index contributed by atoms with van der Waals surface area (Å²) in [6, 6.07) is 8.31. The van der Waals surface area contributed by atoms with Gasteiger partial charge >= 0.3 is 0 Å².